The van der Waals surface area contributed by atoms with Crippen molar-refractivity contribution in [2.24, 2.45) is 0 Å². The van der Waals surface area contributed by atoms with Gasteiger partial charge in [0.15, 0.2) is 6.04 Å². The molecule has 0 fully saturated rings. The average Bonchev–Trinajstić information content (AvgIpc) is 2.95. The minimum absolute atomic E-state index is 0.197. The molecule has 0 saturated carbocycles. The Hall–Kier alpha value is -2.37. The molecule has 2 aromatic rings. The molecule has 2 rings (SSSR count). The number of nitrogens with zero attached hydrogens (tertiary/aromatic N) is 2. The van der Waals surface area contributed by atoms with E-state index in [9.17, 15) is 9.18 Å². The van der Waals surface area contributed by atoms with Gasteiger partial charge in [-0.25, -0.2) is 9.18 Å². The summed E-state index contributed by atoms with van der Waals surface area (Å²) < 4.78 is 19.5. The van der Waals surface area contributed by atoms with Crippen LogP contribution in [0.1, 0.15) is 31.5 Å². The lowest BCUT2D eigenvalue weighted by Gasteiger charge is -2.16. The first-order valence-electron chi connectivity index (χ1n) is 6.65. The maximum Gasteiger partial charge on any atom is 0.333 e. The number of ether oxygens (including phenoxy) is 1. The van der Waals surface area contributed by atoms with Crippen molar-refractivity contribution in [3.63, 3.8) is 0 Å². The summed E-state index contributed by atoms with van der Waals surface area (Å²) in [6, 6.07) is 5.30. The lowest BCUT2D eigenvalue weighted by Crippen LogP contribution is -2.22. The van der Waals surface area contributed by atoms with Crippen molar-refractivity contribution >= 4 is 11.7 Å². The van der Waals surface area contributed by atoms with Gasteiger partial charge in [-0.3, -0.25) is 4.68 Å². The fourth-order valence-electron chi connectivity index (χ4n) is 1.89. The molecule has 6 heteroatoms. The quantitative estimate of drug-likeness (QED) is 0.861. The van der Waals surface area contributed by atoms with Crippen molar-refractivity contribution in [1.82, 2.24) is 9.78 Å². The second-order valence-electron chi connectivity index (χ2n) is 4.95. The van der Waals surface area contributed by atoms with Crippen molar-refractivity contribution in [2.75, 3.05) is 12.4 Å². The number of carbonyl (C=O) groups is 1. The molecule has 0 bridgehead atoms. The molecule has 0 amide bonds. The third-order valence-corrected chi connectivity index (χ3v) is 3.08. The zero-order valence-electron chi connectivity index (χ0n) is 12.2. The molecule has 112 valence electrons. The van der Waals surface area contributed by atoms with Gasteiger partial charge in [0.25, 0.3) is 0 Å². The van der Waals surface area contributed by atoms with Gasteiger partial charge in [0.1, 0.15) is 5.82 Å². The van der Waals surface area contributed by atoms with Crippen molar-refractivity contribution < 1.29 is 13.9 Å². The van der Waals surface area contributed by atoms with Gasteiger partial charge in [0.2, 0.25) is 0 Å². The minimum Gasteiger partial charge on any atom is -0.467 e. The van der Waals surface area contributed by atoms with Gasteiger partial charge < -0.3 is 10.1 Å². The summed E-state index contributed by atoms with van der Waals surface area (Å²) in [6.07, 6.45) is 3.42. The van der Waals surface area contributed by atoms with E-state index in [0.29, 0.717) is 11.3 Å². The van der Waals surface area contributed by atoms with Gasteiger partial charge in [-0.05, 0) is 38.1 Å². The molecular formula is C15H18FN3O2. The van der Waals surface area contributed by atoms with Crippen LogP contribution in [-0.4, -0.2) is 22.9 Å². The number of rotatable bonds is 5. The second kappa shape index (κ2) is 6.39. The van der Waals surface area contributed by atoms with E-state index in [1.54, 1.807) is 29.2 Å². The monoisotopic (exact) mass is 291 g/mol. The Balaban J connectivity index is 2.25. The van der Waals surface area contributed by atoms with Crippen molar-refractivity contribution in [3.05, 3.63) is 48.0 Å². The molecule has 21 heavy (non-hydrogen) atoms. The van der Waals surface area contributed by atoms with Gasteiger partial charge in [0.05, 0.1) is 13.3 Å². The van der Waals surface area contributed by atoms with Gasteiger partial charge in [-0.1, -0.05) is 0 Å². The number of hydrogen-bond donors (Lipinski definition) is 1. The maximum absolute atomic E-state index is 12.9. The highest BCUT2D eigenvalue weighted by molar-refractivity contribution is 5.80. The summed E-state index contributed by atoms with van der Waals surface area (Å²) in [7, 11) is 1.33. The highest BCUT2D eigenvalue weighted by Gasteiger charge is 2.23. The van der Waals surface area contributed by atoms with Crippen LogP contribution in [0.25, 0.3) is 0 Å². The number of esters is 1. The number of methoxy groups -OCH3 is 1. The standard InChI is InChI=1S/C15H18FN3O2/c1-10(2)19-9-11(8-17-19)14(15(20)21-3)18-13-6-4-12(16)5-7-13/h4-10,14,18H,1-3H3. The highest BCUT2D eigenvalue weighted by atomic mass is 19.1. The van der Waals surface area contributed by atoms with E-state index >= 15 is 0 Å². The topological polar surface area (TPSA) is 56.1 Å². The SMILES string of the molecule is COC(=O)C(Nc1ccc(F)cc1)c1cnn(C(C)C)c1. The number of nitrogens with one attached hydrogen (secondary N) is 1. The smallest absolute Gasteiger partial charge is 0.333 e. The Labute approximate surface area is 122 Å². The molecular weight excluding hydrogens is 273 g/mol. The predicted molar refractivity (Wildman–Crippen MR) is 77.4 cm³/mol. The number of halogens is 1. The summed E-state index contributed by atoms with van der Waals surface area (Å²) in [6.45, 7) is 3.99. The van der Waals surface area contributed by atoms with E-state index in [1.165, 1.54) is 19.2 Å². The minimum atomic E-state index is -0.687. The second-order valence-corrected chi connectivity index (χ2v) is 4.95. The van der Waals surface area contributed by atoms with Crippen molar-refractivity contribution in [2.45, 2.75) is 25.9 Å². The van der Waals surface area contributed by atoms with Crippen LogP contribution >= 0.6 is 0 Å². The van der Waals surface area contributed by atoms with Crippen LogP contribution in [0, 0.1) is 5.82 Å². The molecule has 1 atom stereocenters. The number of aromatic nitrogens is 2. The highest BCUT2D eigenvalue weighted by Crippen LogP contribution is 2.21. The Morgan fingerprint density at radius 2 is 2.00 bits per heavy atom. The van der Waals surface area contributed by atoms with Crippen LogP contribution in [-0.2, 0) is 9.53 Å². The van der Waals surface area contributed by atoms with Crippen molar-refractivity contribution in [1.29, 1.82) is 0 Å². The van der Waals surface area contributed by atoms with E-state index in [4.69, 9.17) is 4.74 Å². The Bertz CT molecular complexity index is 608. The lowest BCUT2D eigenvalue weighted by atomic mass is 10.1. The molecule has 0 aliphatic heterocycles. The molecule has 0 spiro atoms. The normalized spacial score (nSPS) is 12.2. The van der Waals surface area contributed by atoms with E-state index in [1.807, 2.05) is 13.8 Å². The van der Waals surface area contributed by atoms with E-state index < -0.39 is 12.0 Å². The molecule has 1 aromatic carbocycles. The van der Waals surface area contributed by atoms with E-state index in [-0.39, 0.29) is 11.9 Å². The zero-order valence-corrected chi connectivity index (χ0v) is 12.2. The summed E-state index contributed by atoms with van der Waals surface area (Å²) in [5.41, 5.74) is 1.32. The van der Waals surface area contributed by atoms with Crippen LogP contribution < -0.4 is 5.32 Å². The van der Waals surface area contributed by atoms with Crippen LogP contribution in [0.15, 0.2) is 36.7 Å². The molecule has 5 nitrogen and oxygen atoms in total. The predicted octanol–water partition coefficient (Wildman–Crippen LogP) is 2.93. The first-order chi connectivity index (χ1) is 10.0. The molecule has 0 aliphatic carbocycles. The largest absolute Gasteiger partial charge is 0.467 e. The molecule has 1 N–H and O–H groups in total. The van der Waals surface area contributed by atoms with Crippen LogP contribution in [0.3, 0.4) is 0 Å². The summed E-state index contributed by atoms with van der Waals surface area (Å²) in [5, 5.41) is 7.25. The summed E-state index contributed by atoms with van der Waals surface area (Å²) in [5.74, 6) is -0.759. The first kappa shape index (κ1) is 15.0. The Morgan fingerprint density at radius 1 is 1.33 bits per heavy atom. The van der Waals surface area contributed by atoms with Crippen LogP contribution in [0.2, 0.25) is 0 Å². The first-order valence-corrected chi connectivity index (χ1v) is 6.65. The number of benzene rings is 1. The number of carbonyl (C=O) groups excluding carboxylic acids is 1. The maximum atomic E-state index is 12.9. The molecule has 0 saturated heterocycles. The third-order valence-electron chi connectivity index (χ3n) is 3.08. The van der Waals surface area contributed by atoms with E-state index in [0.717, 1.165) is 0 Å². The van der Waals surface area contributed by atoms with Crippen LogP contribution in [0.4, 0.5) is 10.1 Å². The van der Waals surface area contributed by atoms with Crippen LogP contribution in [0.5, 0.6) is 0 Å². The fourth-order valence-corrected chi connectivity index (χ4v) is 1.89. The zero-order chi connectivity index (χ0) is 15.4. The van der Waals surface area contributed by atoms with E-state index in [2.05, 4.69) is 10.4 Å². The number of anilines is 1. The third kappa shape index (κ3) is 3.59. The lowest BCUT2D eigenvalue weighted by molar-refractivity contribution is -0.141. The molecule has 1 heterocycles. The van der Waals surface area contributed by atoms with Gasteiger partial charge in [0, 0.05) is 23.5 Å². The number of hydrogen-bond acceptors (Lipinski definition) is 4. The molecule has 1 aromatic heterocycles. The van der Waals surface area contributed by atoms with Crippen molar-refractivity contribution in [3.8, 4) is 0 Å². The Kier molecular flexibility index (Phi) is 4.57. The average molecular weight is 291 g/mol. The summed E-state index contributed by atoms with van der Waals surface area (Å²) in [4.78, 5) is 12.0. The van der Waals surface area contributed by atoms with Gasteiger partial charge in [-0.2, -0.15) is 5.10 Å². The fraction of sp³-hybridized carbons (Fsp3) is 0.333. The van der Waals surface area contributed by atoms with Gasteiger partial charge >= 0.3 is 5.97 Å². The van der Waals surface area contributed by atoms with Gasteiger partial charge in [-0.15, -0.1) is 0 Å². The molecule has 0 radical (unpaired) electrons. The molecule has 0 aliphatic rings. The summed E-state index contributed by atoms with van der Waals surface area (Å²) >= 11 is 0. The Morgan fingerprint density at radius 3 is 2.52 bits per heavy atom. The molecule has 1 unspecified atom stereocenters.